The van der Waals surface area contributed by atoms with Gasteiger partial charge in [-0.05, 0) is 19.3 Å². The van der Waals surface area contributed by atoms with Crippen LogP contribution >= 0.6 is 0 Å². The monoisotopic (exact) mass is 154 g/mol. The van der Waals surface area contributed by atoms with Crippen LogP contribution < -0.4 is 0 Å². The molecule has 3 unspecified atom stereocenters. The van der Waals surface area contributed by atoms with Gasteiger partial charge in [-0.15, -0.1) is 0 Å². The van der Waals surface area contributed by atoms with Gasteiger partial charge in [-0.1, -0.05) is 12.2 Å². The summed E-state index contributed by atoms with van der Waals surface area (Å²) in [6.07, 6.45) is 7.37. The Morgan fingerprint density at radius 3 is 2.82 bits per heavy atom. The van der Waals surface area contributed by atoms with Gasteiger partial charge in [0.05, 0.1) is 12.2 Å². The van der Waals surface area contributed by atoms with Crippen LogP contribution in [0, 0.1) is 5.92 Å². The van der Waals surface area contributed by atoms with E-state index < -0.39 is 0 Å². The SMILES string of the molecule is OC1C=CC(C2CCCO2)C1. The molecular formula is C9H14O2. The van der Waals surface area contributed by atoms with Crippen LogP contribution in [0.2, 0.25) is 0 Å². The molecule has 2 heteroatoms. The van der Waals surface area contributed by atoms with Crippen molar-refractivity contribution < 1.29 is 9.84 Å². The second-order valence-corrected chi connectivity index (χ2v) is 3.40. The van der Waals surface area contributed by atoms with Gasteiger partial charge in [0.25, 0.3) is 0 Å². The van der Waals surface area contributed by atoms with E-state index in [2.05, 4.69) is 6.08 Å². The minimum absolute atomic E-state index is 0.218. The van der Waals surface area contributed by atoms with Crippen molar-refractivity contribution in [3.05, 3.63) is 12.2 Å². The van der Waals surface area contributed by atoms with Crippen LogP contribution in [0.1, 0.15) is 19.3 Å². The maximum atomic E-state index is 9.22. The minimum atomic E-state index is -0.218. The Kier molecular flexibility index (Phi) is 1.96. The summed E-state index contributed by atoms with van der Waals surface area (Å²) in [6, 6.07) is 0. The zero-order valence-corrected chi connectivity index (χ0v) is 6.57. The third-order valence-corrected chi connectivity index (χ3v) is 2.54. The maximum absolute atomic E-state index is 9.22. The third-order valence-electron chi connectivity index (χ3n) is 2.54. The highest BCUT2D eigenvalue weighted by Gasteiger charge is 2.28. The van der Waals surface area contributed by atoms with Crippen molar-refractivity contribution in [2.75, 3.05) is 6.61 Å². The van der Waals surface area contributed by atoms with Crippen molar-refractivity contribution in [3.8, 4) is 0 Å². The molecular weight excluding hydrogens is 140 g/mol. The van der Waals surface area contributed by atoms with Crippen LogP contribution in [0.15, 0.2) is 12.2 Å². The van der Waals surface area contributed by atoms with E-state index in [1.165, 1.54) is 12.8 Å². The first-order valence-electron chi connectivity index (χ1n) is 4.34. The molecule has 1 heterocycles. The van der Waals surface area contributed by atoms with Crippen molar-refractivity contribution >= 4 is 0 Å². The highest BCUT2D eigenvalue weighted by Crippen LogP contribution is 2.28. The summed E-state index contributed by atoms with van der Waals surface area (Å²) in [6.45, 7) is 0.908. The van der Waals surface area contributed by atoms with E-state index in [9.17, 15) is 5.11 Å². The second-order valence-electron chi connectivity index (χ2n) is 3.40. The van der Waals surface area contributed by atoms with Crippen molar-refractivity contribution in [1.29, 1.82) is 0 Å². The fraction of sp³-hybridized carbons (Fsp3) is 0.778. The Morgan fingerprint density at radius 1 is 1.36 bits per heavy atom. The van der Waals surface area contributed by atoms with Gasteiger partial charge in [-0.25, -0.2) is 0 Å². The van der Waals surface area contributed by atoms with Crippen LogP contribution in [-0.4, -0.2) is 23.9 Å². The molecule has 62 valence electrons. The molecule has 2 rings (SSSR count). The lowest BCUT2D eigenvalue weighted by Crippen LogP contribution is -2.17. The molecule has 0 spiro atoms. The summed E-state index contributed by atoms with van der Waals surface area (Å²) in [5, 5.41) is 9.22. The quantitative estimate of drug-likeness (QED) is 0.573. The second kappa shape index (κ2) is 2.95. The number of aliphatic hydroxyl groups is 1. The van der Waals surface area contributed by atoms with E-state index >= 15 is 0 Å². The molecule has 1 fully saturated rings. The van der Waals surface area contributed by atoms with E-state index in [0.29, 0.717) is 12.0 Å². The number of ether oxygens (including phenoxy) is 1. The summed E-state index contributed by atoms with van der Waals surface area (Å²) in [7, 11) is 0. The van der Waals surface area contributed by atoms with Crippen molar-refractivity contribution in [3.63, 3.8) is 0 Å². The van der Waals surface area contributed by atoms with E-state index in [4.69, 9.17) is 4.74 Å². The van der Waals surface area contributed by atoms with Crippen LogP contribution in [-0.2, 0) is 4.74 Å². The summed E-state index contributed by atoms with van der Waals surface area (Å²) in [5.41, 5.74) is 0. The molecule has 0 aromatic rings. The summed E-state index contributed by atoms with van der Waals surface area (Å²) >= 11 is 0. The van der Waals surface area contributed by atoms with Crippen molar-refractivity contribution in [1.82, 2.24) is 0 Å². The number of hydrogen-bond donors (Lipinski definition) is 1. The Balaban J connectivity index is 1.91. The van der Waals surface area contributed by atoms with Crippen LogP contribution in [0.4, 0.5) is 0 Å². The van der Waals surface area contributed by atoms with Gasteiger partial charge < -0.3 is 9.84 Å². The maximum Gasteiger partial charge on any atom is 0.0727 e. The molecule has 1 N–H and O–H groups in total. The van der Waals surface area contributed by atoms with Gasteiger partial charge in [0.1, 0.15) is 0 Å². The molecule has 0 bridgehead atoms. The average molecular weight is 154 g/mol. The Labute approximate surface area is 66.9 Å². The Morgan fingerprint density at radius 2 is 2.27 bits per heavy atom. The van der Waals surface area contributed by atoms with Crippen LogP contribution in [0.25, 0.3) is 0 Å². The molecule has 0 aromatic heterocycles. The van der Waals surface area contributed by atoms with E-state index in [0.717, 1.165) is 13.0 Å². The lowest BCUT2D eigenvalue weighted by molar-refractivity contribution is 0.0678. The topological polar surface area (TPSA) is 29.5 Å². The lowest BCUT2D eigenvalue weighted by Gasteiger charge is -2.15. The van der Waals surface area contributed by atoms with E-state index in [1.54, 1.807) is 0 Å². The minimum Gasteiger partial charge on any atom is -0.389 e. The molecule has 11 heavy (non-hydrogen) atoms. The third kappa shape index (κ3) is 1.47. The highest BCUT2D eigenvalue weighted by atomic mass is 16.5. The molecule has 1 saturated heterocycles. The fourth-order valence-corrected chi connectivity index (χ4v) is 1.92. The molecule has 3 atom stereocenters. The van der Waals surface area contributed by atoms with Gasteiger partial charge in [0.15, 0.2) is 0 Å². The molecule has 0 saturated carbocycles. The molecule has 2 nitrogen and oxygen atoms in total. The van der Waals surface area contributed by atoms with Gasteiger partial charge >= 0.3 is 0 Å². The van der Waals surface area contributed by atoms with Crippen LogP contribution in [0.3, 0.4) is 0 Å². The van der Waals surface area contributed by atoms with Crippen molar-refractivity contribution in [2.45, 2.75) is 31.5 Å². The largest absolute Gasteiger partial charge is 0.389 e. The molecule has 2 aliphatic rings. The molecule has 1 aliphatic heterocycles. The van der Waals surface area contributed by atoms with Crippen molar-refractivity contribution in [2.24, 2.45) is 5.92 Å². The Hall–Kier alpha value is -0.340. The van der Waals surface area contributed by atoms with Gasteiger partial charge in [-0.2, -0.15) is 0 Å². The number of aliphatic hydroxyl groups excluding tert-OH is 1. The predicted octanol–water partition coefficient (Wildman–Crippen LogP) is 1.10. The van der Waals surface area contributed by atoms with Gasteiger partial charge in [0, 0.05) is 12.5 Å². The summed E-state index contributed by atoms with van der Waals surface area (Å²) in [5.74, 6) is 0.479. The Bertz CT molecular complexity index is 159. The standard InChI is InChI=1S/C9H14O2/c10-8-4-3-7(6-8)9-2-1-5-11-9/h3-4,7-10H,1-2,5-6H2. The summed E-state index contributed by atoms with van der Waals surface area (Å²) in [4.78, 5) is 0. The zero-order valence-electron chi connectivity index (χ0n) is 6.57. The van der Waals surface area contributed by atoms with E-state index in [1.807, 2.05) is 6.08 Å². The first-order valence-corrected chi connectivity index (χ1v) is 4.34. The van der Waals surface area contributed by atoms with Crippen LogP contribution in [0.5, 0.6) is 0 Å². The molecule has 1 aliphatic carbocycles. The van der Waals surface area contributed by atoms with E-state index in [-0.39, 0.29) is 6.10 Å². The predicted molar refractivity (Wildman–Crippen MR) is 42.2 cm³/mol. The number of rotatable bonds is 1. The molecule has 0 radical (unpaired) electrons. The fourth-order valence-electron chi connectivity index (χ4n) is 1.92. The average Bonchev–Trinajstić information content (AvgIpc) is 2.55. The first kappa shape index (κ1) is 7.32. The molecule has 0 aromatic carbocycles. The normalized spacial score (nSPS) is 43.5. The van der Waals surface area contributed by atoms with Gasteiger partial charge in [0.2, 0.25) is 0 Å². The highest BCUT2D eigenvalue weighted by molar-refractivity contribution is 5.05. The smallest absolute Gasteiger partial charge is 0.0727 e. The number of hydrogen-bond acceptors (Lipinski definition) is 2. The van der Waals surface area contributed by atoms with Gasteiger partial charge in [-0.3, -0.25) is 0 Å². The zero-order chi connectivity index (χ0) is 7.68. The first-order chi connectivity index (χ1) is 5.36. The summed E-state index contributed by atoms with van der Waals surface area (Å²) < 4.78 is 5.52. The lowest BCUT2D eigenvalue weighted by atomic mass is 9.99. The molecule has 0 amide bonds.